The second-order valence-corrected chi connectivity index (χ2v) is 8.87. The third-order valence-corrected chi connectivity index (χ3v) is 6.50. The number of imidazole rings is 1. The van der Waals surface area contributed by atoms with E-state index in [2.05, 4.69) is 25.1 Å². The molecule has 0 aliphatic carbocycles. The van der Waals surface area contributed by atoms with Gasteiger partial charge in [-0.05, 0) is 43.2 Å². The Morgan fingerprint density at radius 3 is 2.72 bits per heavy atom. The third-order valence-electron chi connectivity index (χ3n) is 6.50. The molecule has 3 N–H and O–H groups in total. The molecule has 0 spiro atoms. The minimum absolute atomic E-state index is 0.00886. The van der Waals surface area contributed by atoms with Crippen LogP contribution in [0.15, 0.2) is 59.3 Å². The number of furan rings is 1. The smallest absolute Gasteiger partial charge is 0.310 e. The zero-order valence-corrected chi connectivity index (χ0v) is 19.8. The number of anilines is 2. The first-order chi connectivity index (χ1) is 17.6. The Labute approximate surface area is 207 Å². The molecule has 5 rings (SSSR count). The Kier molecular flexibility index (Phi) is 7.10. The molecule has 1 aliphatic heterocycles. The van der Waals surface area contributed by atoms with Crippen molar-refractivity contribution in [3.63, 3.8) is 0 Å². The first-order valence-corrected chi connectivity index (χ1v) is 12.1. The van der Waals surface area contributed by atoms with Gasteiger partial charge in [-0.15, -0.1) is 0 Å². The van der Waals surface area contributed by atoms with Gasteiger partial charge in [-0.2, -0.15) is 0 Å². The lowest BCUT2D eigenvalue weighted by Crippen LogP contribution is -2.41. The molecular formula is C25H29N7O4. The number of hydrogen-bond donors (Lipinski definition) is 3. The van der Waals surface area contributed by atoms with Gasteiger partial charge in [0.1, 0.15) is 30.0 Å². The Balaban J connectivity index is 1.18. The van der Waals surface area contributed by atoms with Crippen molar-refractivity contribution in [2.24, 2.45) is 0 Å². The highest BCUT2D eigenvalue weighted by atomic mass is 16.6. The summed E-state index contributed by atoms with van der Waals surface area (Å²) in [6.45, 7) is 3.68. The fraction of sp³-hybridized carbons (Fsp3) is 0.360. The number of fused-ring (bicyclic) bond motifs is 1. The maximum Gasteiger partial charge on any atom is 0.310 e. The number of hydrogen-bond acceptors (Lipinski definition) is 9. The molecule has 1 saturated heterocycles. The minimum Gasteiger partial charge on any atom is -0.462 e. The number of para-hydroxylation sites is 2. The lowest BCUT2D eigenvalue weighted by Gasteiger charge is -2.32. The number of aliphatic hydroxyl groups is 1. The van der Waals surface area contributed by atoms with Crippen LogP contribution in [0.25, 0.3) is 11.0 Å². The summed E-state index contributed by atoms with van der Waals surface area (Å²) in [7, 11) is 0. The van der Waals surface area contributed by atoms with Gasteiger partial charge >= 0.3 is 5.69 Å². The molecule has 188 valence electrons. The van der Waals surface area contributed by atoms with Gasteiger partial charge in [-0.25, -0.2) is 4.98 Å². The van der Waals surface area contributed by atoms with Crippen molar-refractivity contribution in [3.05, 3.63) is 76.5 Å². The van der Waals surface area contributed by atoms with E-state index in [0.29, 0.717) is 24.5 Å². The van der Waals surface area contributed by atoms with E-state index in [4.69, 9.17) is 9.40 Å². The van der Waals surface area contributed by atoms with Gasteiger partial charge in [0, 0.05) is 38.4 Å². The van der Waals surface area contributed by atoms with E-state index in [0.717, 1.165) is 55.2 Å². The molecule has 11 heteroatoms. The second-order valence-electron chi connectivity index (χ2n) is 8.87. The molecule has 0 atom stereocenters. The van der Waals surface area contributed by atoms with E-state index in [9.17, 15) is 15.2 Å². The average Bonchev–Trinajstić information content (AvgIpc) is 3.50. The first-order valence-electron chi connectivity index (χ1n) is 12.1. The molecule has 0 bridgehead atoms. The van der Waals surface area contributed by atoms with E-state index in [-0.39, 0.29) is 18.3 Å². The molecule has 3 aromatic heterocycles. The van der Waals surface area contributed by atoms with Crippen LogP contribution in [0.3, 0.4) is 0 Å². The minimum atomic E-state index is -0.419. The highest BCUT2D eigenvalue weighted by Gasteiger charge is 2.22. The average molecular weight is 492 g/mol. The van der Waals surface area contributed by atoms with Crippen LogP contribution in [0.2, 0.25) is 0 Å². The van der Waals surface area contributed by atoms with E-state index >= 15 is 0 Å². The zero-order valence-electron chi connectivity index (χ0n) is 19.8. The van der Waals surface area contributed by atoms with Crippen LogP contribution in [-0.4, -0.2) is 61.7 Å². The maximum atomic E-state index is 11.2. The van der Waals surface area contributed by atoms with Crippen LogP contribution < -0.4 is 10.6 Å². The highest BCUT2D eigenvalue weighted by molar-refractivity contribution is 5.78. The highest BCUT2D eigenvalue weighted by Crippen LogP contribution is 2.25. The fourth-order valence-electron chi connectivity index (χ4n) is 4.61. The number of aliphatic hydroxyl groups excluding tert-OH is 1. The summed E-state index contributed by atoms with van der Waals surface area (Å²) in [6.07, 6.45) is 4.75. The molecule has 4 heterocycles. The van der Waals surface area contributed by atoms with E-state index in [1.165, 1.54) is 6.20 Å². The molecule has 0 saturated carbocycles. The van der Waals surface area contributed by atoms with Crippen LogP contribution in [0.5, 0.6) is 0 Å². The van der Waals surface area contributed by atoms with Crippen molar-refractivity contribution in [2.75, 3.05) is 36.8 Å². The molecule has 4 aromatic rings. The van der Waals surface area contributed by atoms with E-state index < -0.39 is 4.92 Å². The van der Waals surface area contributed by atoms with Crippen molar-refractivity contribution in [1.29, 1.82) is 0 Å². The quantitative estimate of drug-likeness (QED) is 0.225. The summed E-state index contributed by atoms with van der Waals surface area (Å²) >= 11 is 0. The number of piperidine rings is 1. The standard InChI is InChI=1S/C25H29N7O4/c33-17-20-6-5-19(36-20)16-31-23-4-2-1-3-22(23)29-25(31)28-18-8-12-30(13-9-18)14-11-27-21-7-10-26-15-24(21)32(34)35/h1-7,10,15,18,33H,8-9,11-14,16-17H2,(H,26,27)(H,28,29). The molecule has 1 fully saturated rings. The van der Waals surface area contributed by atoms with Gasteiger partial charge in [0.2, 0.25) is 5.95 Å². The number of nitrogens with zero attached hydrogens (tertiary/aromatic N) is 5. The maximum absolute atomic E-state index is 11.2. The monoisotopic (exact) mass is 491 g/mol. The number of benzene rings is 1. The number of rotatable bonds is 10. The van der Waals surface area contributed by atoms with Gasteiger partial charge in [0.25, 0.3) is 0 Å². The first kappa shape index (κ1) is 23.8. The molecule has 0 amide bonds. The Bertz CT molecular complexity index is 1330. The molecule has 36 heavy (non-hydrogen) atoms. The Morgan fingerprint density at radius 2 is 1.94 bits per heavy atom. The summed E-state index contributed by atoms with van der Waals surface area (Å²) in [4.78, 5) is 21.8. The van der Waals surface area contributed by atoms with Crippen LogP contribution in [0.4, 0.5) is 17.3 Å². The lowest BCUT2D eigenvalue weighted by atomic mass is 10.1. The van der Waals surface area contributed by atoms with Crippen molar-refractivity contribution in [1.82, 2.24) is 19.4 Å². The number of likely N-dealkylation sites (tertiary alicyclic amines) is 1. The van der Waals surface area contributed by atoms with Crippen molar-refractivity contribution < 1.29 is 14.4 Å². The number of aromatic nitrogens is 3. The Morgan fingerprint density at radius 1 is 1.14 bits per heavy atom. The second kappa shape index (κ2) is 10.8. The van der Waals surface area contributed by atoms with E-state index in [1.807, 2.05) is 30.3 Å². The number of nitro groups is 1. The van der Waals surface area contributed by atoms with Gasteiger partial charge in [-0.3, -0.25) is 15.1 Å². The van der Waals surface area contributed by atoms with Crippen molar-refractivity contribution >= 4 is 28.4 Å². The van der Waals surface area contributed by atoms with Crippen LogP contribution in [0.1, 0.15) is 24.4 Å². The molecule has 1 aromatic carbocycles. The molecule has 11 nitrogen and oxygen atoms in total. The van der Waals surface area contributed by atoms with Crippen LogP contribution in [0, 0.1) is 10.1 Å². The summed E-state index contributed by atoms with van der Waals surface area (Å²) < 4.78 is 7.84. The lowest BCUT2D eigenvalue weighted by molar-refractivity contribution is -0.384. The Hall–Kier alpha value is -3.96. The van der Waals surface area contributed by atoms with Gasteiger partial charge in [0.15, 0.2) is 0 Å². The predicted octanol–water partition coefficient (Wildman–Crippen LogP) is 3.46. The van der Waals surface area contributed by atoms with Gasteiger partial charge in [0.05, 0.1) is 22.5 Å². The summed E-state index contributed by atoms with van der Waals surface area (Å²) in [5.74, 6) is 2.12. The molecule has 0 radical (unpaired) electrons. The summed E-state index contributed by atoms with van der Waals surface area (Å²) in [5, 5.41) is 27.3. The van der Waals surface area contributed by atoms with Crippen LogP contribution >= 0.6 is 0 Å². The summed E-state index contributed by atoms with van der Waals surface area (Å²) in [6, 6.07) is 13.6. The normalized spacial score (nSPS) is 14.8. The van der Waals surface area contributed by atoms with Gasteiger partial charge in [-0.1, -0.05) is 12.1 Å². The SMILES string of the molecule is O=[N+]([O-])c1cnccc1NCCN1CCC(Nc2nc3ccccc3n2Cc2ccc(CO)o2)CC1. The number of nitrogens with one attached hydrogen (secondary N) is 2. The zero-order chi connectivity index (χ0) is 24.9. The fourth-order valence-corrected chi connectivity index (χ4v) is 4.61. The largest absolute Gasteiger partial charge is 0.462 e. The third kappa shape index (κ3) is 5.31. The van der Waals surface area contributed by atoms with Crippen LogP contribution in [-0.2, 0) is 13.2 Å². The number of pyridine rings is 1. The molecule has 0 unspecified atom stereocenters. The van der Waals surface area contributed by atoms with Crippen molar-refractivity contribution in [2.45, 2.75) is 32.0 Å². The topological polar surface area (TPSA) is 135 Å². The molecular weight excluding hydrogens is 462 g/mol. The molecule has 1 aliphatic rings. The van der Waals surface area contributed by atoms with E-state index in [1.54, 1.807) is 18.3 Å². The predicted molar refractivity (Wildman–Crippen MR) is 136 cm³/mol. The summed E-state index contributed by atoms with van der Waals surface area (Å²) in [5.41, 5.74) is 2.43. The van der Waals surface area contributed by atoms with Crippen molar-refractivity contribution in [3.8, 4) is 0 Å². The van der Waals surface area contributed by atoms with Gasteiger partial charge < -0.3 is 29.6 Å².